The van der Waals surface area contributed by atoms with Gasteiger partial charge in [-0.1, -0.05) is 36.4 Å². The van der Waals surface area contributed by atoms with E-state index in [2.05, 4.69) is 17.1 Å². The van der Waals surface area contributed by atoms with Crippen LogP contribution < -0.4 is 14.7 Å². The molecule has 0 aliphatic rings. The van der Waals surface area contributed by atoms with Crippen molar-refractivity contribution in [2.45, 2.75) is 20.0 Å². The van der Waals surface area contributed by atoms with Gasteiger partial charge in [0.15, 0.2) is 9.76 Å². The summed E-state index contributed by atoms with van der Waals surface area (Å²) in [6.07, 6.45) is -0.0763. The second-order valence-corrected chi connectivity index (χ2v) is 7.28. The van der Waals surface area contributed by atoms with Crippen LogP contribution in [0.3, 0.4) is 0 Å². The Balaban J connectivity index is 1.59. The molecule has 3 rings (SSSR count). The van der Waals surface area contributed by atoms with Crippen molar-refractivity contribution in [2.75, 3.05) is 6.61 Å². The first-order valence-electron chi connectivity index (χ1n) is 8.78. The van der Waals surface area contributed by atoms with Gasteiger partial charge < -0.3 is 13.9 Å². The second-order valence-electron chi connectivity index (χ2n) is 5.85. The Bertz CT molecular complexity index is 809. The van der Waals surface area contributed by atoms with E-state index in [0.29, 0.717) is 12.5 Å². The van der Waals surface area contributed by atoms with Gasteiger partial charge in [0, 0.05) is 6.07 Å². The summed E-state index contributed by atoms with van der Waals surface area (Å²) < 4.78 is 17.4. The number of aromatic nitrogens is 1. The number of hydrogen-bond acceptors (Lipinski definition) is 4. The molecule has 0 spiro atoms. The first-order chi connectivity index (χ1) is 12.7. The highest BCUT2D eigenvalue weighted by molar-refractivity contribution is 6.46. The molecule has 3 aromatic rings. The highest BCUT2D eigenvalue weighted by atomic mass is 28.2. The number of ether oxygens (including phenoxy) is 2. The zero-order chi connectivity index (χ0) is 18.2. The maximum absolute atomic E-state index is 6.10. The van der Waals surface area contributed by atoms with E-state index in [4.69, 9.17) is 13.9 Å². The predicted molar refractivity (Wildman–Crippen MR) is 106 cm³/mol. The molecular weight excluding hydrogens is 342 g/mol. The molecule has 0 bridgehead atoms. The smallest absolute Gasteiger partial charge is 0.219 e. The summed E-state index contributed by atoms with van der Waals surface area (Å²) in [5.74, 6) is 2.24. The van der Waals surface area contributed by atoms with Crippen LogP contribution in [0, 0.1) is 0 Å². The summed E-state index contributed by atoms with van der Waals surface area (Å²) in [7, 11) is -0.838. The molecule has 0 amide bonds. The maximum Gasteiger partial charge on any atom is 0.219 e. The standard InChI is InChI=1S/C21H23NO3Si/c1-3-23-17-12-14-19(15-13-17)26-25-16(2)20-10-7-11-21(22-20)24-18-8-5-4-6-9-18/h4-16H,3,26H2,1-2H3. The lowest BCUT2D eigenvalue weighted by Crippen LogP contribution is -2.19. The molecule has 134 valence electrons. The fourth-order valence-electron chi connectivity index (χ4n) is 2.48. The third-order valence-corrected chi connectivity index (χ3v) is 5.33. The van der Waals surface area contributed by atoms with Crippen molar-refractivity contribution in [3.63, 3.8) is 0 Å². The molecule has 1 atom stereocenters. The zero-order valence-corrected chi connectivity index (χ0v) is 16.5. The van der Waals surface area contributed by atoms with Crippen LogP contribution in [0.1, 0.15) is 25.6 Å². The van der Waals surface area contributed by atoms with E-state index in [1.165, 1.54) is 5.19 Å². The molecule has 0 aliphatic carbocycles. The Labute approximate surface area is 156 Å². The SMILES string of the molecule is CCOc1ccc([SiH2]OC(C)c2cccc(Oc3ccccc3)n2)cc1. The first kappa shape index (κ1) is 18.2. The molecule has 1 unspecified atom stereocenters. The van der Waals surface area contributed by atoms with Gasteiger partial charge in [-0.2, -0.15) is 0 Å². The molecule has 4 nitrogen and oxygen atoms in total. The molecule has 5 heteroatoms. The number of hydrogen-bond donors (Lipinski definition) is 0. The molecule has 0 saturated heterocycles. The van der Waals surface area contributed by atoms with Crippen molar-refractivity contribution in [3.05, 3.63) is 78.5 Å². The number of pyridine rings is 1. The minimum Gasteiger partial charge on any atom is -0.494 e. The van der Waals surface area contributed by atoms with E-state index in [-0.39, 0.29) is 6.10 Å². The first-order valence-corrected chi connectivity index (χ1v) is 10.1. The Morgan fingerprint density at radius 2 is 1.65 bits per heavy atom. The Kier molecular flexibility index (Phi) is 6.41. The van der Waals surface area contributed by atoms with Crippen LogP contribution in [-0.2, 0) is 4.43 Å². The van der Waals surface area contributed by atoms with Gasteiger partial charge in [0.1, 0.15) is 11.5 Å². The van der Waals surface area contributed by atoms with Crippen LogP contribution in [0.25, 0.3) is 0 Å². The van der Waals surface area contributed by atoms with E-state index < -0.39 is 9.76 Å². The number of nitrogens with zero attached hydrogens (tertiary/aromatic N) is 1. The number of benzene rings is 2. The fraction of sp³-hybridized carbons (Fsp3) is 0.190. The summed E-state index contributed by atoms with van der Waals surface area (Å²) >= 11 is 0. The van der Waals surface area contributed by atoms with Crippen molar-refractivity contribution in [1.29, 1.82) is 0 Å². The van der Waals surface area contributed by atoms with Gasteiger partial charge in [0.05, 0.1) is 18.4 Å². The van der Waals surface area contributed by atoms with E-state index in [1.807, 2.05) is 74.5 Å². The quantitative estimate of drug-likeness (QED) is 0.570. The summed E-state index contributed by atoms with van der Waals surface area (Å²) in [6.45, 7) is 4.68. The van der Waals surface area contributed by atoms with Gasteiger partial charge in [-0.15, -0.1) is 0 Å². The fourth-order valence-corrected chi connectivity index (χ4v) is 3.52. The largest absolute Gasteiger partial charge is 0.494 e. The topological polar surface area (TPSA) is 40.6 Å². The predicted octanol–water partition coefficient (Wildman–Crippen LogP) is 3.76. The van der Waals surface area contributed by atoms with Crippen molar-refractivity contribution in [2.24, 2.45) is 0 Å². The lowest BCUT2D eigenvalue weighted by Gasteiger charge is -2.14. The third-order valence-electron chi connectivity index (χ3n) is 3.86. The molecule has 26 heavy (non-hydrogen) atoms. The molecule has 0 fully saturated rings. The van der Waals surface area contributed by atoms with Crippen LogP contribution >= 0.6 is 0 Å². The van der Waals surface area contributed by atoms with Crippen molar-refractivity contribution in [3.8, 4) is 17.4 Å². The highest BCUT2D eigenvalue weighted by Gasteiger charge is 2.10. The Morgan fingerprint density at radius 1 is 0.885 bits per heavy atom. The van der Waals surface area contributed by atoms with Gasteiger partial charge >= 0.3 is 0 Å². The normalized spacial score (nSPS) is 12.2. The molecule has 0 aliphatic heterocycles. The summed E-state index contributed by atoms with van der Waals surface area (Å²) in [6, 6.07) is 23.6. The second kappa shape index (κ2) is 9.17. The average Bonchev–Trinajstić information content (AvgIpc) is 2.68. The summed E-state index contributed by atoms with van der Waals surface area (Å²) in [5, 5.41) is 1.23. The van der Waals surface area contributed by atoms with Gasteiger partial charge in [0.2, 0.25) is 5.88 Å². The maximum atomic E-state index is 6.10. The summed E-state index contributed by atoms with van der Waals surface area (Å²) in [4.78, 5) is 4.57. The van der Waals surface area contributed by atoms with E-state index in [0.717, 1.165) is 17.2 Å². The van der Waals surface area contributed by atoms with Crippen LogP contribution in [0.2, 0.25) is 0 Å². The van der Waals surface area contributed by atoms with Crippen LogP contribution in [0.4, 0.5) is 0 Å². The molecule has 1 heterocycles. The minimum atomic E-state index is -0.838. The molecule has 0 saturated carbocycles. The molecule has 0 N–H and O–H groups in total. The Hall–Kier alpha value is -2.63. The van der Waals surface area contributed by atoms with Crippen LogP contribution in [0.5, 0.6) is 17.4 Å². The van der Waals surface area contributed by atoms with Crippen LogP contribution in [0.15, 0.2) is 72.8 Å². The zero-order valence-electron chi connectivity index (χ0n) is 15.1. The molecular formula is C21H23NO3Si. The van der Waals surface area contributed by atoms with Gasteiger partial charge in [-0.3, -0.25) is 0 Å². The van der Waals surface area contributed by atoms with E-state index in [1.54, 1.807) is 0 Å². The summed E-state index contributed by atoms with van der Waals surface area (Å²) in [5.41, 5.74) is 0.872. The molecule has 2 aromatic carbocycles. The molecule has 1 aromatic heterocycles. The lowest BCUT2D eigenvalue weighted by molar-refractivity contribution is 0.237. The van der Waals surface area contributed by atoms with Crippen molar-refractivity contribution in [1.82, 2.24) is 4.98 Å². The van der Waals surface area contributed by atoms with Crippen LogP contribution in [-0.4, -0.2) is 21.4 Å². The highest BCUT2D eigenvalue weighted by Crippen LogP contribution is 2.22. The van der Waals surface area contributed by atoms with Gasteiger partial charge in [0.25, 0.3) is 0 Å². The molecule has 0 radical (unpaired) electrons. The minimum absolute atomic E-state index is 0.0763. The monoisotopic (exact) mass is 365 g/mol. The van der Waals surface area contributed by atoms with Crippen molar-refractivity contribution < 1.29 is 13.9 Å². The van der Waals surface area contributed by atoms with Crippen molar-refractivity contribution >= 4 is 14.9 Å². The number of para-hydroxylation sites is 1. The van der Waals surface area contributed by atoms with Gasteiger partial charge in [-0.05, 0) is 49.4 Å². The lowest BCUT2D eigenvalue weighted by atomic mass is 10.2. The van der Waals surface area contributed by atoms with E-state index in [9.17, 15) is 0 Å². The Morgan fingerprint density at radius 3 is 2.38 bits per heavy atom. The number of rotatable bonds is 8. The average molecular weight is 366 g/mol. The third kappa shape index (κ3) is 5.18. The van der Waals surface area contributed by atoms with E-state index >= 15 is 0 Å². The van der Waals surface area contributed by atoms with Gasteiger partial charge in [-0.25, -0.2) is 4.98 Å².